The van der Waals surface area contributed by atoms with E-state index in [0.29, 0.717) is 6.42 Å². The number of carbonyl (C=O) groups is 1. The molecule has 0 spiro atoms. The van der Waals surface area contributed by atoms with Crippen LogP contribution in [0.4, 0.5) is 13.2 Å². The molecule has 0 heterocycles. The van der Waals surface area contributed by atoms with E-state index < -0.39 is 18.6 Å². The summed E-state index contributed by atoms with van der Waals surface area (Å²) in [7, 11) is 0. The van der Waals surface area contributed by atoms with E-state index >= 15 is 0 Å². The molecule has 0 rings (SSSR count). The summed E-state index contributed by atoms with van der Waals surface area (Å²) in [6, 6.07) is -0.0911. The van der Waals surface area contributed by atoms with E-state index in [0.717, 1.165) is 0 Å². The molecule has 0 saturated heterocycles. The fourth-order valence-electron chi connectivity index (χ4n) is 0.777. The van der Waals surface area contributed by atoms with E-state index in [1.165, 1.54) is 0 Å². The lowest BCUT2D eigenvalue weighted by Crippen LogP contribution is -2.41. The Morgan fingerprint density at radius 1 is 1.53 bits per heavy atom. The van der Waals surface area contributed by atoms with Crippen LogP contribution in [0.3, 0.4) is 0 Å². The smallest absolute Gasteiger partial charge is 0.346 e. The zero-order chi connectivity index (χ0) is 11.9. The van der Waals surface area contributed by atoms with Gasteiger partial charge in [0, 0.05) is 12.5 Å². The molecule has 15 heavy (non-hydrogen) atoms. The maximum absolute atomic E-state index is 11.7. The Bertz CT molecular complexity index is 245. The number of nitrogens with one attached hydrogen (secondary N) is 2. The Morgan fingerprint density at radius 2 is 2.13 bits per heavy atom. The lowest BCUT2D eigenvalue weighted by molar-refractivity contribution is -0.137. The van der Waals surface area contributed by atoms with Crippen molar-refractivity contribution in [3.8, 4) is 12.3 Å². The van der Waals surface area contributed by atoms with E-state index in [-0.39, 0.29) is 12.6 Å². The van der Waals surface area contributed by atoms with Gasteiger partial charge in [0.2, 0.25) is 5.91 Å². The van der Waals surface area contributed by atoms with Gasteiger partial charge in [-0.2, -0.15) is 13.2 Å². The second kappa shape index (κ2) is 6.30. The van der Waals surface area contributed by atoms with Crippen molar-refractivity contribution in [2.45, 2.75) is 25.6 Å². The molecule has 0 aliphatic heterocycles. The first-order valence-corrected chi connectivity index (χ1v) is 4.35. The number of alkyl halides is 3. The van der Waals surface area contributed by atoms with Crippen LogP contribution in [0.25, 0.3) is 0 Å². The van der Waals surface area contributed by atoms with Crippen molar-refractivity contribution in [3.05, 3.63) is 0 Å². The molecule has 6 heteroatoms. The first-order valence-electron chi connectivity index (χ1n) is 4.35. The van der Waals surface area contributed by atoms with E-state index in [1.807, 2.05) is 0 Å². The van der Waals surface area contributed by atoms with Gasteiger partial charge in [0.15, 0.2) is 0 Å². The summed E-state index contributed by atoms with van der Waals surface area (Å²) >= 11 is 0. The third-order valence-corrected chi connectivity index (χ3v) is 1.52. The summed E-state index contributed by atoms with van der Waals surface area (Å²) < 4.78 is 35.0. The van der Waals surface area contributed by atoms with Crippen LogP contribution in [0.2, 0.25) is 0 Å². The summed E-state index contributed by atoms with van der Waals surface area (Å²) in [6.07, 6.45) is 1.06. The van der Waals surface area contributed by atoms with Crippen molar-refractivity contribution in [1.82, 2.24) is 10.6 Å². The largest absolute Gasteiger partial charge is 0.405 e. The summed E-state index contributed by atoms with van der Waals surface area (Å²) in [5.74, 6) is 1.68. The lowest BCUT2D eigenvalue weighted by atomic mass is 10.2. The highest BCUT2D eigenvalue weighted by Gasteiger charge is 2.27. The Kier molecular flexibility index (Phi) is 5.79. The molecule has 0 aromatic carbocycles. The van der Waals surface area contributed by atoms with Crippen LogP contribution >= 0.6 is 0 Å². The number of halogens is 3. The normalized spacial score (nSPS) is 13.0. The molecular formula is C9H13F3N2O. The molecule has 0 aromatic rings. The zero-order valence-corrected chi connectivity index (χ0v) is 8.32. The van der Waals surface area contributed by atoms with Gasteiger partial charge in [0.1, 0.15) is 6.54 Å². The second-order valence-electron chi connectivity index (χ2n) is 3.08. The van der Waals surface area contributed by atoms with Gasteiger partial charge in [-0.15, -0.1) is 12.3 Å². The van der Waals surface area contributed by atoms with Crippen LogP contribution < -0.4 is 10.6 Å². The molecule has 0 aliphatic carbocycles. The van der Waals surface area contributed by atoms with Crippen LogP contribution in [-0.2, 0) is 4.79 Å². The van der Waals surface area contributed by atoms with Gasteiger partial charge in [-0.1, -0.05) is 0 Å². The molecular weight excluding hydrogens is 209 g/mol. The minimum absolute atomic E-state index is 0.0911. The quantitative estimate of drug-likeness (QED) is 0.671. The molecule has 0 fully saturated rings. The Morgan fingerprint density at radius 3 is 2.60 bits per heavy atom. The minimum Gasteiger partial charge on any atom is -0.346 e. The van der Waals surface area contributed by atoms with Crippen molar-refractivity contribution in [2.75, 3.05) is 13.1 Å². The average Bonchev–Trinajstić information content (AvgIpc) is 2.11. The number of amides is 1. The summed E-state index contributed by atoms with van der Waals surface area (Å²) in [4.78, 5) is 10.9. The third-order valence-electron chi connectivity index (χ3n) is 1.52. The third kappa shape index (κ3) is 9.09. The standard InChI is InChI=1S/C9H13F3N2O/c1-3-4-7(2)13-5-8(15)14-6-9(10,11)12/h1,7,13H,4-6H2,2H3,(H,14,15). The molecule has 1 amide bonds. The van der Waals surface area contributed by atoms with Crippen molar-refractivity contribution in [2.24, 2.45) is 0 Å². The molecule has 0 radical (unpaired) electrons. The highest BCUT2D eigenvalue weighted by molar-refractivity contribution is 5.78. The van der Waals surface area contributed by atoms with Gasteiger partial charge >= 0.3 is 6.18 Å². The van der Waals surface area contributed by atoms with Crippen molar-refractivity contribution >= 4 is 5.91 Å². The van der Waals surface area contributed by atoms with Crippen LogP contribution in [0.5, 0.6) is 0 Å². The first kappa shape index (κ1) is 13.8. The average molecular weight is 222 g/mol. The van der Waals surface area contributed by atoms with Crippen molar-refractivity contribution in [1.29, 1.82) is 0 Å². The van der Waals surface area contributed by atoms with Gasteiger partial charge in [0.05, 0.1) is 6.54 Å². The summed E-state index contributed by atoms with van der Waals surface area (Å²) in [6.45, 7) is 0.271. The van der Waals surface area contributed by atoms with Gasteiger partial charge in [-0.25, -0.2) is 0 Å². The SMILES string of the molecule is C#CCC(C)NCC(=O)NCC(F)(F)F. The highest BCUT2D eigenvalue weighted by Crippen LogP contribution is 2.11. The van der Waals surface area contributed by atoms with Crippen LogP contribution in [0.15, 0.2) is 0 Å². The Labute approximate surface area is 86.4 Å². The number of hydrogen-bond acceptors (Lipinski definition) is 2. The van der Waals surface area contributed by atoms with E-state index in [9.17, 15) is 18.0 Å². The number of hydrogen-bond donors (Lipinski definition) is 2. The van der Waals surface area contributed by atoms with Gasteiger partial charge in [-0.3, -0.25) is 4.79 Å². The van der Waals surface area contributed by atoms with Crippen LogP contribution in [0, 0.1) is 12.3 Å². The second-order valence-corrected chi connectivity index (χ2v) is 3.08. The minimum atomic E-state index is -4.37. The first-order chi connectivity index (χ1) is 6.85. The monoisotopic (exact) mass is 222 g/mol. The molecule has 0 aliphatic rings. The Balaban J connectivity index is 3.63. The molecule has 0 saturated carbocycles. The Hall–Kier alpha value is -1.22. The lowest BCUT2D eigenvalue weighted by Gasteiger charge is -2.11. The number of carbonyl (C=O) groups excluding carboxylic acids is 1. The van der Waals surface area contributed by atoms with Gasteiger partial charge < -0.3 is 10.6 Å². The fraction of sp³-hybridized carbons (Fsp3) is 0.667. The van der Waals surface area contributed by atoms with Crippen molar-refractivity contribution in [3.63, 3.8) is 0 Å². The fourth-order valence-corrected chi connectivity index (χ4v) is 0.777. The maximum atomic E-state index is 11.7. The van der Waals surface area contributed by atoms with E-state index in [2.05, 4.69) is 11.2 Å². The summed E-state index contributed by atoms with van der Waals surface area (Å²) in [5, 5.41) is 4.44. The summed E-state index contributed by atoms with van der Waals surface area (Å²) in [5.41, 5.74) is 0. The molecule has 86 valence electrons. The molecule has 0 bridgehead atoms. The van der Waals surface area contributed by atoms with Gasteiger partial charge in [0.25, 0.3) is 0 Å². The van der Waals surface area contributed by atoms with E-state index in [4.69, 9.17) is 6.42 Å². The van der Waals surface area contributed by atoms with Gasteiger partial charge in [-0.05, 0) is 6.92 Å². The maximum Gasteiger partial charge on any atom is 0.405 e. The zero-order valence-electron chi connectivity index (χ0n) is 8.32. The number of terminal acetylenes is 1. The predicted octanol–water partition coefficient (Wildman–Crippen LogP) is 0.666. The van der Waals surface area contributed by atoms with Crippen LogP contribution in [-0.4, -0.2) is 31.2 Å². The topological polar surface area (TPSA) is 41.1 Å². The molecule has 0 aromatic heterocycles. The van der Waals surface area contributed by atoms with E-state index in [1.54, 1.807) is 12.2 Å². The molecule has 1 atom stereocenters. The molecule has 1 unspecified atom stereocenters. The highest BCUT2D eigenvalue weighted by atomic mass is 19.4. The van der Waals surface area contributed by atoms with Crippen LogP contribution in [0.1, 0.15) is 13.3 Å². The predicted molar refractivity (Wildman–Crippen MR) is 50.0 cm³/mol. The molecule has 2 N–H and O–H groups in total. The molecule has 3 nitrogen and oxygen atoms in total. The van der Waals surface area contributed by atoms with Crippen molar-refractivity contribution < 1.29 is 18.0 Å². The number of rotatable bonds is 5.